The van der Waals surface area contributed by atoms with Crippen molar-refractivity contribution in [3.63, 3.8) is 0 Å². The van der Waals surface area contributed by atoms with Crippen LogP contribution < -0.4 is 5.32 Å². The Morgan fingerprint density at radius 1 is 1.44 bits per heavy atom. The standard InChI is InChI=1S/C12H17ClFNO/c1-8(9(2)16-3)15-7-10-5-4-6-11(13)12(10)14/h4-6,8-9,15H,7H2,1-3H3. The number of methoxy groups -OCH3 is 1. The molecule has 1 aromatic carbocycles. The van der Waals surface area contributed by atoms with Crippen LogP contribution in [0.1, 0.15) is 19.4 Å². The Bertz CT molecular complexity index is 346. The van der Waals surface area contributed by atoms with E-state index in [1.807, 2.05) is 13.8 Å². The molecule has 16 heavy (non-hydrogen) atoms. The molecule has 0 spiro atoms. The Hall–Kier alpha value is -0.640. The normalized spacial score (nSPS) is 14.8. The molecule has 0 saturated heterocycles. The van der Waals surface area contributed by atoms with E-state index in [0.717, 1.165) is 0 Å². The van der Waals surface area contributed by atoms with E-state index in [2.05, 4.69) is 5.32 Å². The Kier molecular flexibility index (Phi) is 5.19. The van der Waals surface area contributed by atoms with Crippen LogP contribution in [0.5, 0.6) is 0 Å². The molecule has 0 radical (unpaired) electrons. The highest BCUT2D eigenvalue weighted by atomic mass is 35.5. The fourth-order valence-electron chi connectivity index (χ4n) is 1.33. The van der Waals surface area contributed by atoms with Crippen LogP contribution in [-0.4, -0.2) is 19.3 Å². The molecule has 0 fully saturated rings. The van der Waals surface area contributed by atoms with Gasteiger partial charge in [0.15, 0.2) is 0 Å². The van der Waals surface area contributed by atoms with Crippen LogP contribution in [0.2, 0.25) is 5.02 Å². The molecular formula is C12H17ClFNO. The minimum absolute atomic E-state index is 0.0854. The first-order chi connectivity index (χ1) is 7.56. The molecule has 0 aliphatic heterocycles. The molecule has 0 bridgehead atoms. The second-order valence-electron chi connectivity index (χ2n) is 3.82. The molecule has 1 rings (SSSR count). The topological polar surface area (TPSA) is 21.3 Å². The molecule has 0 aliphatic rings. The Morgan fingerprint density at radius 2 is 2.12 bits per heavy atom. The maximum Gasteiger partial charge on any atom is 0.146 e. The number of hydrogen-bond acceptors (Lipinski definition) is 2. The zero-order valence-electron chi connectivity index (χ0n) is 9.76. The third-order valence-electron chi connectivity index (χ3n) is 2.72. The first kappa shape index (κ1) is 13.4. The van der Waals surface area contributed by atoms with Gasteiger partial charge in [-0.1, -0.05) is 23.7 Å². The molecule has 2 unspecified atom stereocenters. The Labute approximate surface area is 101 Å². The third kappa shape index (κ3) is 3.44. The van der Waals surface area contributed by atoms with Gasteiger partial charge >= 0.3 is 0 Å². The lowest BCUT2D eigenvalue weighted by Gasteiger charge is -2.20. The predicted octanol–water partition coefficient (Wildman–Crippen LogP) is 2.99. The summed E-state index contributed by atoms with van der Waals surface area (Å²) >= 11 is 5.69. The molecule has 1 aromatic rings. The summed E-state index contributed by atoms with van der Waals surface area (Å²) in [6, 6.07) is 5.16. The zero-order valence-corrected chi connectivity index (χ0v) is 10.5. The van der Waals surface area contributed by atoms with Gasteiger partial charge in [-0.3, -0.25) is 0 Å². The first-order valence-corrected chi connectivity index (χ1v) is 5.63. The van der Waals surface area contributed by atoms with E-state index in [0.29, 0.717) is 12.1 Å². The maximum absolute atomic E-state index is 13.5. The molecule has 1 N–H and O–H groups in total. The summed E-state index contributed by atoms with van der Waals surface area (Å²) in [4.78, 5) is 0. The Balaban J connectivity index is 2.58. The molecular weight excluding hydrogens is 229 g/mol. The van der Waals surface area contributed by atoms with Gasteiger partial charge < -0.3 is 10.1 Å². The number of halogens is 2. The van der Waals surface area contributed by atoms with Gasteiger partial charge in [-0.05, 0) is 19.9 Å². The van der Waals surface area contributed by atoms with E-state index in [4.69, 9.17) is 16.3 Å². The van der Waals surface area contributed by atoms with Gasteiger partial charge in [0.1, 0.15) is 5.82 Å². The lowest BCUT2D eigenvalue weighted by molar-refractivity contribution is 0.0881. The van der Waals surface area contributed by atoms with E-state index in [1.165, 1.54) is 0 Å². The van der Waals surface area contributed by atoms with Crippen molar-refractivity contribution in [2.24, 2.45) is 0 Å². The van der Waals surface area contributed by atoms with Crippen LogP contribution in [0, 0.1) is 5.82 Å². The van der Waals surface area contributed by atoms with Crippen molar-refractivity contribution in [2.75, 3.05) is 7.11 Å². The van der Waals surface area contributed by atoms with Gasteiger partial charge in [-0.25, -0.2) is 4.39 Å². The highest BCUT2D eigenvalue weighted by Crippen LogP contribution is 2.17. The molecule has 2 atom stereocenters. The van der Waals surface area contributed by atoms with E-state index in [-0.39, 0.29) is 23.0 Å². The lowest BCUT2D eigenvalue weighted by atomic mass is 10.1. The highest BCUT2D eigenvalue weighted by Gasteiger charge is 2.12. The Morgan fingerprint density at radius 3 is 2.75 bits per heavy atom. The number of benzene rings is 1. The minimum atomic E-state index is -0.353. The number of rotatable bonds is 5. The summed E-state index contributed by atoms with van der Waals surface area (Å²) in [5.74, 6) is -0.353. The van der Waals surface area contributed by atoms with Crippen LogP contribution in [0.25, 0.3) is 0 Å². The van der Waals surface area contributed by atoms with Crippen molar-refractivity contribution in [3.8, 4) is 0 Å². The molecule has 0 aliphatic carbocycles. The van der Waals surface area contributed by atoms with Crippen LogP contribution in [0.3, 0.4) is 0 Å². The molecule has 0 saturated carbocycles. The maximum atomic E-state index is 13.5. The minimum Gasteiger partial charge on any atom is -0.380 e. The van der Waals surface area contributed by atoms with Gasteiger partial charge in [0, 0.05) is 25.3 Å². The van der Waals surface area contributed by atoms with Gasteiger partial charge in [0.25, 0.3) is 0 Å². The van der Waals surface area contributed by atoms with Crippen molar-refractivity contribution in [1.82, 2.24) is 5.32 Å². The van der Waals surface area contributed by atoms with Crippen molar-refractivity contribution in [2.45, 2.75) is 32.5 Å². The molecule has 0 heterocycles. The highest BCUT2D eigenvalue weighted by molar-refractivity contribution is 6.30. The van der Waals surface area contributed by atoms with Gasteiger partial charge in [-0.2, -0.15) is 0 Å². The smallest absolute Gasteiger partial charge is 0.146 e. The van der Waals surface area contributed by atoms with Gasteiger partial charge in [0.05, 0.1) is 11.1 Å². The average molecular weight is 246 g/mol. The predicted molar refractivity (Wildman–Crippen MR) is 64.2 cm³/mol. The summed E-state index contributed by atoms with van der Waals surface area (Å²) in [5, 5.41) is 3.35. The van der Waals surface area contributed by atoms with Crippen LogP contribution >= 0.6 is 11.6 Å². The molecule has 2 nitrogen and oxygen atoms in total. The van der Waals surface area contributed by atoms with Crippen molar-refractivity contribution >= 4 is 11.6 Å². The third-order valence-corrected chi connectivity index (χ3v) is 3.01. The van der Waals surface area contributed by atoms with Gasteiger partial charge in [0.2, 0.25) is 0 Å². The summed E-state index contributed by atoms with van der Waals surface area (Å²) in [7, 11) is 1.66. The average Bonchev–Trinajstić information content (AvgIpc) is 2.29. The summed E-state index contributed by atoms with van der Waals surface area (Å²) < 4.78 is 18.7. The summed E-state index contributed by atoms with van der Waals surface area (Å²) in [6.07, 6.45) is 0.0854. The fourth-order valence-corrected chi connectivity index (χ4v) is 1.52. The second-order valence-corrected chi connectivity index (χ2v) is 4.23. The molecule has 0 amide bonds. The lowest BCUT2D eigenvalue weighted by Crippen LogP contribution is -2.36. The van der Waals surface area contributed by atoms with Crippen LogP contribution in [-0.2, 0) is 11.3 Å². The van der Waals surface area contributed by atoms with E-state index in [1.54, 1.807) is 25.3 Å². The quantitative estimate of drug-likeness (QED) is 0.861. The fraction of sp³-hybridized carbons (Fsp3) is 0.500. The van der Waals surface area contributed by atoms with Crippen molar-refractivity contribution < 1.29 is 9.13 Å². The van der Waals surface area contributed by atoms with Crippen LogP contribution in [0.4, 0.5) is 4.39 Å². The molecule has 0 aromatic heterocycles. The van der Waals surface area contributed by atoms with Crippen molar-refractivity contribution in [1.29, 1.82) is 0 Å². The number of nitrogens with one attached hydrogen (secondary N) is 1. The molecule has 4 heteroatoms. The monoisotopic (exact) mass is 245 g/mol. The van der Waals surface area contributed by atoms with E-state index in [9.17, 15) is 4.39 Å². The van der Waals surface area contributed by atoms with Crippen molar-refractivity contribution in [3.05, 3.63) is 34.6 Å². The SMILES string of the molecule is COC(C)C(C)NCc1cccc(Cl)c1F. The zero-order chi connectivity index (χ0) is 12.1. The summed E-state index contributed by atoms with van der Waals surface area (Å²) in [5.41, 5.74) is 0.572. The second kappa shape index (κ2) is 6.18. The van der Waals surface area contributed by atoms with Gasteiger partial charge in [-0.15, -0.1) is 0 Å². The molecule has 90 valence electrons. The largest absolute Gasteiger partial charge is 0.380 e. The summed E-state index contributed by atoms with van der Waals surface area (Å²) in [6.45, 7) is 4.41. The van der Waals surface area contributed by atoms with E-state index < -0.39 is 0 Å². The number of ether oxygens (including phenoxy) is 1. The van der Waals surface area contributed by atoms with E-state index >= 15 is 0 Å². The number of hydrogen-bond donors (Lipinski definition) is 1. The first-order valence-electron chi connectivity index (χ1n) is 5.25. The van der Waals surface area contributed by atoms with Crippen LogP contribution in [0.15, 0.2) is 18.2 Å².